The number of hydrogen-bond acceptors (Lipinski definition) is 13. The van der Waals surface area contributed by atoms with E-state index < -0.39 is 29.8 Å². The van der Waals surface area contributed by atoms with Crippen molar-refractivity contribution < 1.29 is 92.9 Å². The zero-order valence-corrected chi connectivity index (χ0v) is 39.3. The topological polar surface area (TPSA) is 228 Å². The Bertz CT molecular complexity index is 1930. The number of hydrogen-bond donors (Lipinski definition) is 3. The van der Waals surface area contributed by atoms with E-state index in [1.807, 2.05) is 0 Å². The van der Waals surface area contributed by atoms with Gasteiger partial charge in [-0.3, -0.25) is 14.4 Å². The molecule has 1 heterocycles. The number of benzene rings is 3. The molecular weight excluding hydrogens is 1110 g/mol. The van der Waals surface area contributed by atoms with E-state index in [2.05, 4.69) is 37.2 Å². The average molecular weight is 1160 g/mol. The van der Waals surface area contributed by atoms with E-state index in [0.717, 1.165) is 6.08 Å². The molecule has 4 rings (SSSR count). The summed E-state index contributed by atoms with van der Waals surface area (Å²) in [6, 6.07) is 11.5. The number of carbonyl (C=O) groups excluding carboxylic acids is 3. The summed E-state index contributed by atoms with van der Waals surface area (Å²) in [7, 11) is 2.57. The first-order valence-electron chi connectivity index (χ1n) is 16.3. The third kappa shape index (κ3) is 18.0. The number of methoxy groups -OCH3 is 2. The third-order valence-electron chi connectivity index (χ3n) is 6.63. The van der Waals surface area contributed by atoms with Gasteiger partial charge in [0, 0.05) is 8.93 Å². The minimum absolute atomic E-state index is 0. The number of ether oxygens (including phenoxy) is 5. The van der Waals surface area contributed by atoms with E-state index in [0.29, 0.717) is 30.3 Å². The molecule has 1 aliphatic rings. The van der Waals surface area contributed by atoms with Crippen LogP contribution in [-0.4, -0.2) is 65.4 Å². The summed E-state index contributed by atoms with van der Waals surface area (Å²) in [5.74, 6) is -3.50. The van der Waals surface area contributed by atoms with Crippen molar-refractivity contribution in [2.75, 3.05) is 14.2 Å². The second-order valence-electron chi connectivity index (χ2n) is 11.9. The number of esters is 3. The molecule has 0 aromatic heterocycles. The van der Waals surface area contributed by atoms with E-state index in [1.165, 1.54) is 50.6 Å². The Morgan fingerprint density at radius 2 is 1.09 bits per heavy atom. The van der Waals surface area contributed by atoms with Gasteiger partial charge in [-0.05, 0) is 54.1 Å². The van der Waals surface area contributed by atoms with Gasteiger partial charge in [0.2, 0.25) is 5.75 Å². The number of halogens is 3. The van der Waals surface area contributed by atoms with Gasteiger partial charge >= 0.3 is 86.3 Å². The van der Waals surface area contributed by atoms with E-state index in [4.69, 9.17) is 48.1 Å². The number of carboxylic acid groups (broad SMARTS) is 3. The van der Waals surface area contributed by atoms with Gasteiger partial charge in [0.05, 0.1) is 43.1 Å². The molecule has 0 fully saturated rings. The van der Waals surface area contributed by atoms with Gasteiger partial charge in [0.1, 0.15) is 0 Å². The fourth-order valence-electron chi connectivity index (χ4n) is 3.66. The van der Waals surface area contributed by atoms with Gasteiger partial charge in [-0.25, -0.2) is 14.4 Å². The quantitative estimate of drug-likeness (QED) is 0.0640. The summed E-state index contributed by atoms with van der Waals surface area (Å²) in [5.41, 5.74) is 0.699. The average Bonchev–Trinajstić information content (AvgIpc) is 3.64. The molecule has 0 amide bonds. The smallest absolute Gasteiger partial charge is 0 e. The maximum Gasteiger partial charge on any atom is 0 e. The first kappa shape index (κ1) is 51.1. The van der Waals surface area contributed by atoms with E-state index in [9.17, 15) is 28.8 Å². The van der Waals surface area contributed by atoms with Gasteiger partial charge in [-0.15, -0.1) is 0 Å². The van der Waals surface area contributed by atoms with Gasteiger partial charge in [-0.1, -0.05) is 47.6 Å². The first-order chi connectivity index (χ1) is 26.8. The largest absolute Gasteiger partial charge is 0 e. The molecule has 0 spiro atoms. The van der Waals surface area contributed by atoms with Gasteiger partial charge in [0.15, 0.2) is 34.5 Å². The number of aliphatic carboxylic acids is 1. The molecule has 0 saturated carbocycles. The van der Waals surface area contributed by atoms with Crippen LogP contribution in [0.1, 0.15) is 70.7 Å². The molecular formula is C37H45I3O16P-. The molecule has 3 aromatic carbocycles. The molecule has 0 radical (unpaired) electrons. The molecule has 1 atom stereocenters. The standard InChI is InChI=1S/C14H16O5.C12H14O5.C11H11O6P.I3.2H2/c1-9(2)14(17)19-11-6-4-10(5-7-13(15)16)8-12(11)18-3;1-7(2)12(15)17-9-5-4-8(11(13)14)6-10(9)16-3;1-5(2)11(14)15-7-3-6(10(12)13)4-8-9(7)17-18-16-8;1-3-2;;/h4-9H,1-3H3,(H,15,16);4-7H,1-3H3,(H,13,14);3-5,18H,1-2H3,(H,12,13);;2*1H/q;;;-1;;/b7-5+;;;;;. The molecule has 20 heteroatoms. The number of rotatable bonds is 12. The van der Waals surface area contributed by atoms with Gasteiger partial charge in [0.25, 0.3) is 9.03 Å². The number of aromatic carboxylic acids is 2. The number of carboxylic acids is 3. The summed E-state index contributed by atoms with van der Waals surface area (Å²) in [4.78, 5) is 66.6. The molecule has 0 bridgehead atoms. The van der Waals surface area contributed by atoms with Crippen LogP contribution in [0.2, 0.25) is 0 Å². The molecule has 16 nitrogen and oxygen atoms in total. The molecule has 316 valence electrons. The Morgan fingerprint density at radius 1 is 0.649 bits per heavy atom. The minimum atomic E-state index is -1.13. The molecule has 0 aliphatic carbocycles. The van der Waals surface area contributed by atoms with Crippen molar-refractivity contribution >= 4 is 88.2 Å². The zero-order valence-electron chi connectivity index (χ0n) is 31.8. The van der Waals surface area contributed by atoms with Crippen molar-refractivity contribution in [2.24, 2.45) is 17.8 Å². The SMILES string of the molecule is CC(C)C(=O)Oc1cc(C(=O)O)cc2c1OPO2.COc1cc(/C=C/C(=O)O)ccc1OC(=O)C(C)C.COc1cc(C(=O)O)ccc1OC(=O)C(C)C.I[I-]I.[HH].[HH]. The summed E-state index contributed by atoms with van der Waals surface area (Å²) in [6.07, 6.45) is 2.45. The summed E-state index contributed by atoms with van der Waals surface area (Å²) < 4.78 is 35.8. The van der Waals surface area contributed by atoms with Gasteiger partial charge in [-0.2, -0.15) is 0 Å². The van der Waals surface area contributed by atoms with Crippen LogP contribution in [0.15, 0.2) is 54.6 Å². The molecule has 0 saturated heterocycles. The fraction of sp³-hybridized carbons (Fsp3) is 0.297. The third-order valence-corrected chi connectivity index (χ3v) is 7.22. The fourth-order valence-corrected chi connectivity index (χ4v) is 4.23. The predicted octanol–water partition coefficient (Wildman–Crippen LogP) is 5.80. The van der Waals surface area contributed by atoms with Crippen LogP contribution in [0.4, 0.5) is 0 Å². The molecule has 1 unspecified atom stereocenters. The van der Waals surface area contributed by atoms with Crippen LogP contribution in [0.3, 0.4) is 0 Å². The Morgan fingerprint density at radius 3 is 1.53 bits per heavy atom. The predicted molar refractivity (Wildman–Crippen MR) is 226 cm³/mol. The molecule has 3 aromatic rings. The second-order valence-corrected chi connectivity index (χ2v) is 28.7. The Kier molecular flexibility index (Phi) is 23.4. The van der Waals surface area contributed by atoms with E-state index in [1.54, 1.807) is 59.7 Å². The van der Waals surface area contributed by atoms with Crippen molar-refractivity contribution in [3.8, 4) is 40.2 Å². The molecule has 57 heavy (non-hydrogen) atoms. The van der Waals surface area contributed by atoms with Crippen LogP contribution < -0.4 is 46.0 Å². The van der Waals surface area contributed by atoms with E-state index >= 15 is 0 Å². The maximum absolute atomic E-state index is 11.5. The number of fused-ring (bicyclic) bond motifs is 1. The minimum Gasteiger partial charge on any atom is 0 e. The first-order valence-corrected chi connectivity index (χ1v) is 29.7. The van der Waals surface area contributed by atoms with Crippen LogP contribution >= 0.6 is 46.3 Å². The monoisotopic (exact) mass is 1160 g/mol. The summed E-state index contributed by atoms with van der Waals surface area (Å²) in [5, 5.41) is 26.3. The Hall–Kier alpha value is -3.96. The van der Waals surface area contributed by atoms with Crippen LogP contribution in [-0.2, 0) is 19.2 Å². The van der Waals surface area contributed by atoms with Crippen LogP contribution in [0, 0.1) is 17.8 Å². The number of carbonyl (C=O) groups is 6. The summed E-state index contributed by atoms with van der Waals surface area (Å²) >= 11 is 5.30. The molecule has 1 aliphatic heterocycles. The maximum atomic E-state index is 11.5. The van der Waals surface area contributed by atoms with Gasteiger partial charge < -0.3 is 48.1 Å². The Labute approximate surface area is 363 Å². The Balaban J connectivity index is 0. The summed E-state index contributed by atoms with van der Waals surface area (Å²) in [6.45, 7) is 10.3. The van der Waals surface area contributed by atoms with Crippen molar-refractivity contribution in [1.82, 2.24) is 0 Å². The van der Waals surface area contributed by atoms with Crippen molar-refractivity contribution in [1.29, 1.82) is 0 Å². The van der Waals surface area contributed by atoms with E-state index in [-0.39, 0.29) is 75.5 Å². The zero-order chi connectivity index (χ0) is 43.4. The normalized spacial score (nSPS) is 11.4. The second kappa shape index (κ2) is 26.1. The van der Waals surface area contributed by atoms with Crippen LogP contribution in [0.5, 0.6) is 40.2 Å². The van der Waals surface area contributed by atoms with Crippen molar-refractivity contribution in [3.63, 3.8) is 0 Å². The van der Waals surface area contributed by atoms with Crippen LogP contribution in [0.25, 0.3) is 6.08 Å². The van der Waals surface area contributed by atoms with Crippen molar-refractivity contribution in [2.45, 2.75) is 41.5 Å². The van der Waals surface area contributed by atoms with Crippen molar-refractivity contribution in [3.05, 3.63) is 71.3 Å². The molecule has 3 N–H and O–H groups in total.